The molecule has 0 saturated carbocycles. The van der Waals surface area contributed by atoms with Crippen LogP contribution in [0, 0.1) is 6.92 Å². The third kappa shape index (κ3) is 3.20. The number of rotatable bonds is 4. The number of benzene rings is 2. The second kappa shape index (κ2) is 5.95. The fraction of sp³-hybridized carbons (Fsp3) is 0.143. The van der Waals surface area contributed by atoms with Gasteiger partial charge in [0.25, 0.3) is 10.0 Å². The maximum atomic E-state index is 12.4. The van der Waals surface area contributed by atoms with Gasteiger partial charge < -0.3 is 5.11 Å². The number of aliphatic hydroxyl groups excluding tert-OH is 1. The predicted octanol–water partition coefficient (Wildman–Crippen LogP) is 3.05. The van der Waals surface area contributed by atoms with E-state index in [0.717, 1.165) is 5.56 Å². The quantitative estimate of drug-likeness (QED) is 0.885. The minimum atomic E-state index is -3.70. The zero-order valence-corrected chi connectivity index (χ0v) is 13.2. The van der Waals surface area contributed by atoms with E-state index in [0.29, 0.717) is 15.7 Å². The van der Waals surface area contributed by atoms with E-state index < -0.39 is 10.0 Å². The second-order valence-electron chi connectivity index (χ2n) is 4.35. The van der Waals surface area contributed by atoms with Gasteiger partial charge in [-0.1, -0.05) is 24.3 Å². The van der Waals surface area contributed by atoms with Gasteiger partial charge in [0.1, 0.15) is 4.90 Å². The molecule has 0 atom stereocenters. The molecular weight excluding hydrogens is 342 g/mol. The molecule has 2 N–H and O–H groups in total. The first kappa shape index (κ1) is 15.0. The summed E-state index contributed by atoms with van der Waals surface area (Å²) in [4.78, 5) is 0.163. The van der Waals surface area contributed by atoms with Gasteiger partial charge in [-0.2, -0.15) is 0 Å². The maximum absolute atomic E-state index is 12.4. The van der Waals surface area contributed by atoms with Crippen molar-refractivity contribution in [3.05, 3.63) is 58.1 Å². The van der Waals surface area contributed by atoms with Crippen LogP contribution in [-0.4, -0.2) is 13.5 Å². The number of nitrogens with one attached hydrogen (secondary N) is 1. The number of hydrogen-bond acceptors (Lipinski definition) is 3. The molecule has 6 heteroatoms. The van der Waals surface area contributed by atoms with Crippen LogP contribution in [0.4, 0.5) is 5.69 Å². The lowest BCUT2D eigenvalue weighted by Gasteiger charge is -2.12. The van der Waals surface area contributed by atoms with E-state index in [1.807, 2.05) is 6.92 Å². The molecule has 2 aromatic carbocycles. The Morgan fingerprint density at radius 1 is 1.20 bits per heavy atom. The average molecular weight is 356 g/mol. The first-order valence-corrected chi connectivity index (χ1v) is 8.19. The Labute approximate surface area is 126 Å². The van der Waals surface area contributed by atoms with Gasteiger partial charge >= 0.3 is 0 Å². The molecule has 106 valence electrons. The smallest absolute Gasteiger partial charge is 0.263 e. The largest absolute Gasteiger partial charge is 0.392 e. The number of sulfonamides is 1. The van der Waals surface area contributed by atoms with Crippen molar-refractivity contribution in [2.24, 2.45) is 0 Å². The van der Waals surface area contributed by atoms with Crippen LogP contribution >= 0.6 is 15.9 Å². The Hall–Kier alpha value is -1.37. The first-order valence-electron chi connectivity index (χ1n) is 5.92. The summed E-state index contributed by atoms with van der Waals surface area (Å²) in [7, 11) is -3.70. The van der Waals surface area contributed by atoms with Crippen LogP contribution in [0.2, 0.25) is 0 Å². The van der Waals surface area contributed by atoms with Crippen LogP contribution in [0.15, 0.2) is 51.8 Å². The molecular formula is C14H14BrNO3S. The maximum Gasteiger partial charge on any atom is 0.263 e. The van der Waals surface area contributed by atoms with E-state index in [4.69, 9.17) is 0 Å². The predicted molar refractivity (Wildman–Crippen MR) is 82.1 cm³/mol. The Bertz CT molecular complexity index is 729. The standard InChI is InChI=1S/C14H14BrNO3S/c1-10-6-7-14(12(15)8-10)20(18,19)16-13-5-3-2-4-11(13)9-17/h2-8,16-17H,9H2,1H3. The van der Waals surface area contributed by atoms with Crippen molar-refractivity contribution in [1.82, 2.24) is 0 Å². The highest BCUT2D eigenvalue weighted by Crippen LogP contribution is 2.26. The topological polar surface area (TPSA) is 66.4 Å². The number of aliphatic hydroxyl groups is 1. The Morgan fingerprint density at radius 3 is 2.55 bits per heavy atom. The summed E-state index contributed by atoms with van der Waals surface area (Å²) in [5, 5.41) is 9.23. The van der Waals surface area contributed by atoms with Crippen molar-refractivity contribution in [3.63, 3.8) is 0 Å². The minimum absolute atomic E-state index is 0.163. The number of aryl methyl sites for hydroxylation is 1. The Kier molecular flexibility index (Phi) is 4.47. The van der Waals surface area contributed by atoms with E-state index in [1.54, 1.807) is 42.5 Å². The summed E-state index contributed by atoms with van der Waals surface area (Å²) in [6.45, 7) is 1.66. The molecule has 0 spiro atoms. The number of halogens is 1. The van der Waals surface area contributed by atoms with E-state index >= 15 is 0 Å². The van der Waals surface area contributed by atoms with Gasteiger partial charge in [-0.25, -0.2) is 8.42 Å². The zero-order chi connectivity index (χ0) is 14.8. The lowest BCUT2D eigenvalue weighted by Crippen LogP contribution is -2.14. The highest BCUT2D eigenvalue weighted by Gasteiger charge is 2.18. The van der Waals surface area contributed by atoms with Crippen molar-refractivity contribution in [2.75, 3.05) is 4.72 Å². The third-order valence-electron chi connectivity index (χ3n) is 2.81. The molecule has 0 heterocycles. The summed E-state index contributed by atoms with van der Waals surface area (Å²) in [6, 6.07) is 11.8. The molecule has 0 fully saturated rings. The van der Waals surface area contributed by atoms with Crippen molar-refractivity contribution < 1.29 is 13.5 Å². The Balaban J connectivity index is 2.41. The zero-order valence-electron chi connectivity index (χ0n) is 10.8. The molecule has 0 amide bonds. The molecule has 4 nitrogen and oxygen atoms in total. The molecule has 2 aromatic rings. The van der Waals surface area contributed by atoms with Crippen LogP contribution in [0.5, 0.6) is 0 Å². The highest BCUT2D eigenvalue weighted by atomic mass is 79.9. The van der Waals surface area contributed by atoms with Crippen molar-refractivity contribution in [2.45, 2.75) is 18.4 Å². The third-order valence-corrected chi connectivity index (χ3v) is 5.15. The van der Waals surface area contributed by atoms with Crippen LogP contribution in [0.3, 0.4) is 0 Å². The molecule has 0 unspecified atom stereocenters. The molecule has 0 bridgehead atoms. The van der Waals surface area contributed by atoms with Crippen LogP contribution in [0.1, 0.15) is 11.1 Å². The van der Waals surface area contributed by atoms with Gasteiger partial charge in [0.05, 0.1) is 12.3 Å². The van der Waals surface area contributed by atoms with E-state index in [2.05, 4.69) is 20.7 Å². The van der Waals surface area contributed by atoms with Gasteiger partial charge in [-0.05, 0) is 46.6 Å². The van der Waals surface area contributed by atoms with E-state index in [9.17, 15) is 13.5 Å². The van der Waals surface area contributed by atoms with Crippen LogP contribution in [-0.2, 0) is 16.6 Å². The molecule has 20 heavy (non-hydrogen) atoms. The summed E-state index contributed by atoms with van der Waals surface area (Å²) in [6.07, 6.45) is 0. The number of hydrogen-bond donors (Lipinski definition) is 2. The van der Waals surface area contributed by atoms with Crippen molar-refractivity contribution in [1.29, 1.82) is 0 Å². The van der Waals surface area contributed by atoms with Gasteiger partial charge in [-0.15, -0.1) is 0 Å². The van der Waals surface area contributed by atoms with Crippen molar-refractivity contribution >= 4 is 31.6 Å². The minimum Gasteiger partial charge on any atom is -0.392 e. The van der Waals surface area contributed by atoms with Crippen LogP contribution in [0.25, 0.3) is 0 Å². The summed E-state index contributed by atoms with van der Waals surface area (Å²) >= 11 is 3.26. The molecule has 2 rings (SSSR count). The lowest BCUT2D eigenvalue weighted by atomic mass is 10.2. The fourth-order valence-electron chi connectivity index (χ4n) is 1.78. The van der Waals surface area contributed by atoms with E-state index in [-0.39, 0.29) is 11.5 Å². The molecule has 0 radical (unpaired) electrons. The Morgan fingerprint density at radius 2 is 1.90 bits per heavy atom. The highest BCUT2D eigenvalue weighted by molar-refractivity contribution is 9.10. The van der Waals surface area contributed by atoms with Gasteiger partial charge in [0, 0.05) is 10.0 Å². The van der Waals surface area contributed by atoms with E-state index in [1.165, 1.54) is 0 Å². The SMILES string of the molecule is Cc1ccc(S(=O)(=O)Nc2ccccc2CO)c(Br)c1. The molecule has 0 aliphatic rings. The first-order chi connectivity index (χ1) is 9.44. The lowest BCUT2D eigenvalue weighted by molar-refractivity contribution is 0.282. The fourth-order valence-corrected chi connectivity index (χ4v) is 4.08. The molecule has 0 aliphatic carbocycles. The molecule has 0 saturated heterocycles. The van der Waals surface area contributed by atoms with Gasteiger partial charge in [0.2, 0.25) is 0 Å². The van der Waals surface area contributed by atoms with Gasteiger partial charge in [0.15, 0.2) is 0 Å². The number of para-hydroxylation sites is 1. The summed E-state index contributed by atoms with van der Waals surface area (Å²) in [5.41, 5.74) is 1.87. The van der Waals surface area contributed by atoms with Crippen LogP contribution < -0.4 is 4.72 Å². The average Bonchev–Trinajstić information content (AvgIpc) is 2.38. The molecule has 0 aromatic heterocycles. The van der Waals surface area contributed by atoms with Gasteiger partial charge in [-0.3, -0.25) is 4.72 Å². The monoisotopic (exact) mass is 355 g/mol. The summed E-state index contributed by atoms with van der Waals surface area (Å²) < 4.78 is 27.8. The molecule has 0 aliphatic heterocycles. The van der Waals surface area contributed by atoms with Crippen molar-refractivity contribution in [3.8, 4) is 0 Å². The second-order valence-corrected chi connectivity index (χ2v) is 6.86. The normalized spacial score (nSPS) is 11.3. The summed E-state index contributed by atoms with van der Waals surface area (Å²) in [5.74, 6) is 0. The number of anilines is 1.